The predicted molar refractivity (Wildman–Crippen MR) is 66.1 cm³/mol. The lowest BCUT2D eigenvalue weighted by atomic mass is 10.1. The first-order valence-corrected chi connectivity index (χ1v) is 5.70. The van der Waals surface area contributed by atoms with Gasteiger partial charge in [-0.1, -0.05) is 0 Å². The standard InChI is InChI=1S/C11H9N3O6/c15-10-2-1-3-11(16)12(10)8-5-4-7(13(17)18)6-9(8)14(19)20/h4-6H,1-3H2. The first-order chi connectivity index (χ1) is 9.41. The van der Waals surface area contributed by atoms with Crippen molar-refractivity contribution in [3.8, 4) is 0 Å². The molecule has 1 saturated heterocycles. The second-order valence-electron chi connectivity index (χ2n) is 4.16. The highest BCUT2D eigenvalue weighted by atomic mass is 16.6. The number of hydrogen-bond acceptors (Lipinski definition) is 6. The van der Waals surface area contributed by atoms with Crippen LogP contribution in [0.15, 0.2) is 18.2 Å². The van der Waals surface area contributed by atoms with Crippen LogP contribution in [-0.2, 0) is 9.59 Å². The Labute approximate surface area is 112 Å². The van der Waals surface area contributed by atoms with E-state index in [1.54, 1.807) is 0 Å². The summed E-state index contributed by atoms with van der Waals surface area (Å²) in [5.41, 5.74) is -1.34. The van der Waals surface area contributed by atoms with E-state index in [2.05, 4.69) is 0 Å². The number of anilines is 1. The maximum atomic E-state index is 11.7. The average Bonchev–Trinajstić information content (AvgIpc) is 2.38. The predicted octanol–water partition coefficient (Wildman–Crippen LogP) is 1.55. The van der Waals surface area contributed by atoms with Crippen LogP contribution in [0, 0.1) is 20.2 Å². The van der Waals surface area contributed by atoms with Crippen molar-refractivity contribution in [1.82, 2.24) is 0 Å². The van der Waals surface area contributed by atoms with Crippen LogP contribution < -0.4 is 4.90 Å². The summed E-state index contributed by atoms with van der Waals surface area (Å²) in [5.74, 6) is -1.09. The van der Waals surface area contributed by atoms with Crippen LogP contribution >= 0.6 is 0 Å². The van der Waals surface area contributed by atoms with Crippen molar-refractivity contribution in [1.29, 1.82) is 0 Å². The third-order valence-corrected chi connectivity index (χ3v) is 2.89. The number of piperidine rings is 1. The number of rotatable bonds is 3. The quantitative estimate of drug-likeness (QED) is 0.469. The second-order valence-corrected chi connectivity index (χ2v) is 4.16. The summed E-state index contributed by atoms with van der Waals surface area (Å²) in [7, 11) is 0. The van der Waals surface area contributed by atoms with Gasteiger partial charge in [0.05, 0.1) is 15.9 Å². The molecule has 1 aromatic carbocycles. The largest absolute Gasteiger partial charge is 0.300 e. The lowest BCUT2D eigenvalue weighted by Gasteiger charge is -2.24. The Morgan fingerprint density at radius 3 is 2.10 bits per heavy atom. The molecule has 104 valence electrons. The van der Waals surface area contributed by atoms with Crippen LogP contribution in [0.4, 0.5) is 17.1 Å². The monoisotopic (exact) mass is 279 g/mol. The fourth-order valence-electron chi connectivity index (χ4n) is 1.98. The molecule has 1 aliphatic heterocycles. The number of nitrogens with zero attached hydrogens (tertiary/aromatic N) is 3. The normalized spacial score (nSPS) is 15.3. The van der Waals surface area contributed by atoms with E-state index >= 15 is 0 Å². The fourth-order valence-corrected chi connectivity index (χ4v) is 1.98. The first-order valence-electron chi connectivity index (χ1n) is 5.70. The molecular weight excluding hydrogens is 270 g/mol. The third-order valence-electron chi connectivity index (χ3n) is 2.89. The van der Waals surface area contributed by atoms with Gasteiger partial charge in [0.2, 0.25) is 11.8 Å². The fraction of sp³-hybridized carbons (Fsp3) is 0.273. The maximum absolute atomic E-state index is 11.7. The van der Waals surface area contributed by atoms with Gasteiger partial charge in [-0.2, -0.15) is 0 Å². The highest BCUT2D eigenvalue weighted by Crippen LogP contribution is 2.34. The van der Waals surface area contributed by atoms with E-state index in [9.17, 15) is 29.8 Å². The summed E-state index contributed by atoms with van der Waals surface area (Å²) in [6.07, 6.45) is 0.620. The Bertz CT molecular complexity index is 611. The molecule has 0 spiro atoms. The molecule has 1 heterocycles. The van der Waals surface area contributed by atoms with E-state index in [4.69, 9.17) is 0 Å². The number of nitro groups is 2. The van der Waals surface area contributed by atoms with Gasteiger partial charge in [0.15, 0.2) is 0 Å². The molecule has 2 amide bonds. The molecule has 0 saturated carbocycles. The molecule has 9 nitrogen and oxygen atoms in total. The van der Waals surface area contributed by atoms with Gasteiger partial charge in [0.1, 0.15) is 5.69 Å². The Hall–Kier alpha value is -2.84. The van der Waals surface area contributed by atoms with E-state index in [1.807, 2.05) is 0 Å². The van der Waals surface area contributed by atoms with E-state index in [0.717, 1.165) is 23.1 Å². The van der Waals surface area contributed by atoms with Gasteiger partial charge in [0, 0.05) is 18.9 Å². The lowest BCUT2D eigenvalue weighted by Crippen LogP contribution is -2.40. The van der Waals surface area contributed by atoms with Crippen LogP contribution in [0.25, 0.3) is 0 Å². The van der Waals surface area contributed by atoms with Gasteiger partial charge >= 0.3 is 0 Å². The molecular formula is C11H9N3O6. The van der Waals surface area contributed by atoms with Crippen molar-refractivity contribution < 1.29 is 19.4 Å². The van der Waals surface area contributed by atoms with Crippen molar-refractivity contribution in [2.24, 2.45) is 0 Å². The summed E-state index contributed by atoms with van der Waals surface area (Å²) < 4.78 is 0. The van der Waals surface area contributed by atoms with E-state index < -0.39 is 33.0 Å². The third kappa shape index (κ3) is 2.32. The van der Waals surface area contributed by atoms with Gasteiger partial charge < -0.3 is 0 Å². The Morgan fingerprint density at radius 1 is 1.00 bits per heavy atom. The summed E-state index contributed by atoms with van der Waals surface area (Å²) >= 11 is 0. The number of benzene rings is 1. The molecule has 0 aromatic heterocycles. The topological polar surface area (TPSA) is 124 Å². The van der Waals surface area contributed by atoms with Crippen molar-refractivity contribution in [3.63, 3.8) is 0 Å². The van der Waals surface area contributed by atoms with Crippen LogP contribution in [0.3, 0.4) is 0 Å². The van der Waals surface area contributed by atoms with Crippen molar-refractivity contribution in [3.05, 3.63) is 38.4 Å². The average molecular weight is 279 g/mol. The number of imide groups is 1. The van der Waals surface area contributed by atoms with Crippen LogP contribution in [0.1, 0.15) is 19.3 Å². The Morgan fingerprint density at radius 2 is 1.60 bits per heavy atom. The first kappa shape index (κ1) is 13.6. The highest BCUT2D eigenvalue weighted by molar-refractivity contribution is 6.17. The molecule has 0 N–H and O–H groups in total. The molecule has 0 bridgehead atoms. The van der Waals surface area contributed by atoms with Gasteiger partial charge in [-0.3, -0.25) is 29.8 Å². The molecule has 1 aromatic rings. The van der Waals surface area contributed by atoms with Crippen molar-refractivity contribution in [2.75, 3.05) is 4.90 Å². The number of carbonyl (C=O) groups is 2. The summed E-state index contributed by atoms with van der Waals surface area (Å²) in [6.45, 7) is 0. The number of non-ortho nitro benzene ring substituents is 1. The number of nitro benzene ring substituents is 2. The maximum Gasteiger partial charge on any atom is 0.300 e. The van der Waals surface area contributed by atoms with E-state index in [-0.39, 0.29) is 18.5 Å². The summed E-state index contributed by atoms with van der Waals surface area (Å²) in [5, 5.41) is 21.6. The number of hydrogen-bond donors (Lipinski definition) is 0. The summed E-state index contributed by atoms with van der Waals surface area (Å²) in [4.78, 5) is 44.2. The number of amides is 2. The van der Waals surface area contributed by atoms with Gasteiger partial charge in [-0.05, 0) is 12.5 Å². The molecule has 20 heavy (non-hydrogen) atoms. The zero-order chi connectivity index (χ0) is 14.9. The minimum Gasteiger partial charge on any atom is -0.274 e. The summed E-state index contributed by atoms with van der Waals surface area (Å²) in [6, 6.07) is 2.82. The SMILES string of the molecule is O=C1CCCC(=O)N1c1ccc([N+](=O)[O-])cc1[N+](=O)[O-]. The molecule has 1 fully saturated rings. The molecule has 0 atom stereocenters. The van der Waals surface area contributed by atoms with Crippen LogP contribution in [0.2, 0.25) is 0 Å². The molecule has 0 unspecified atom stereocenters. The minimum absolute atomic E-state index is 0.111. The second kappa shape index (κ2) is 5.03. The van der Waals surface area contributed by atoms with Gasteiger partial charge in [0.25, 0.3) is 11.4 Å². The Balaban J connectivity index is 2.55. The van der Waals surface area contributed by atoms with E-state index in [1.165, 1.54) is 0 Å². The highest BCUT2D eigenvalue weighted by Gasteiger charge is 2.33. The molecule has 2 rings (SSSR count). The lowest BCUT2D eigenvalue weighted by molar-refractivity contribution is -0.393. The smallest absolute Gasteiger partial charge is 0.274 e. The number of carbonyl (C=O) groups excluding carboxylic acids is 2. The van der Waals surface area contributed by atoms with Crippen molar-refractivity contribution in [2.45, 2.75) is 19.3 Å². The molecule has 0 aliphatic carbocycles. The minimum atomic E-state index is -0.850. The Kier molecular flexibility index (Phi) is 3.42. The zero-order valence-electron chi connectivity index (χ0n) is 10.1. The van der Waals surface area contributed by atoms with Crippen molar-refractivity contribution >= 4 is 28.9 Å². The van der Waals surface area contributed by atoms with Gasteiger partial charge in [-0.15, -0.1) is 0 Å². The van der Waals surface area contributed by atoms with Crippen LogP contribution in [0.5, 0.6) is 0 Å². The molecule has 9 heteroatoms. The zero-order valence-corrected chi connectivity index (χ0v) is 10.1. The molecule has 0 radical (unpaired) electrons. The van der Waals surface area contributed by atoms with E-state index in [0.29, 0.717) is 6.42 Å². The van der Waals surface area contributed by atoms with Gasteiger partial charge in [-0.25, -0.2) is 4.90 Å². The van der Waals surface area contributed by atoms with Crippen LogP contribution in [-0.4, -0.2) is 21.7 Å². The molecule has 1 aliphatic rings.